The molecule has 2 heterocycles. The Morgan fingerprint density at radius 2 is 0.955 bits per heavy atom. The lowest BCUT2D eigenvalue weighted by molar-refractivity contribution is 0.590. The van der Waals surface area contributed by atoms with Crippen LogP contribution in [0.1, 0.15) is 31.9 Å². The summed E-state index contributed by atoms with van der Waals surface area (Å²) in [5.74, 6) is 0. The number of benzene rings is 10. The van der Waals surface area contributed by atoms with E-state index in [1.54, 1.807) is 0 Å². The molecule has 0 spiro atoms. The van der Waals surface area contributed by atoms with Gasteiger partial charge in [-0.15, -0.1) is 0 Å². The highest BCUT2D eigenvalue weighted by molar-refractivity contribution is 6.27. The van der Waals surface area contributed by atoms with E-state index in [1.807, 2.05) is 48.5 Å². The molecule has 0 bridgehead atoms. The van der Waals surface area contributed by atoms with E-state index in [9.17, 15) is 5.26 Å². The van der Waals surface area contributed by atoms with Crippen LogP contribution in [0.4, 0.5) is 39.8 Å². The van der Waals surface area contributed by atoms with E-state index in [2.05, 4.69) is 204 Å². The van der Waals surface area contributed by atoms with Crippen LogP contribution in [0.15, 0.2) is 206 Å². The SMILES string of the molecule is [C-]#[N+]c1cccc(N(c2ccccc2)c2ccc3cc4c5cc(-c6ccc(C(C)(C)C)cc6)cc6c7cc8ccc(N(c9ccccc9)c9cccc(C#N)c9)cc8cc7n(c4cc3c2)c65)c1. The average molecular weight is 858 g/mol. The van der Waals surface area contributed by atoms with E-state index >= 15 is 0 Å². The number of para-hydroxylation sites is 2. The summed E-state index contributed by atoms with van der Waals surface area (Å²) in [7, 11) is 0. The quantitative estimate of drug-likeness (QED) is 0.150. The molecule has 5 nitrogen and oxygen atoms in total. The fraction of sp³-hybridized carbons (Fsp3) is 0.0645. The Kier molecular flexibility index (Phi) is 9.11. The van der Waals surface area contributed by atoms with Crippen LogP contribution in [0.5, 0.6) is 0 Å². The van der Waals surface area contributed by atoms with Gasteiger partial charge in [-0.1, -0.05) is 112 Å². The lowest BCUT2D eigenvalue weighted by Gasteiger charge is -2.26. The molecule has 316 valence electrons. The van der Waals surface area contributed by atoms with E-state index in [0.29, 0.717) is 11.3 Å². The summed E-state index contributed by atoms with van der Waals surface area (Å²) in [4.78, 5) is 8.22. The Labute approximate surface area is 389 Å². The summed E-state index contributed by atoms with van der Waals surface area (Å²) in [5, 5.41) is 19.3. The summed E-state index contributed by atoms with van der Waals surface area (Å²) in [6.45, 7) is 14.5. The third-order valence-electron chi connectivity index (χ3n) is 13.4. The van der Waals surface area contributed by atoms with Crippen LogP contribution < -0.4 is 9.80 Å². The fourth-order valence-electron chi connectivity index (χ4n) is 10.1. The van der Waals surface area contributed by atoms with Crippen LogP contribution in [0.25, 0.3) is 75.6 Å². The zero-order valence-corrected chi connectivity index (χ0v) is 37.4. The molecular formula is C62H43N5. The predicted molar refractivity (Wildman–Crippen MR) is 281 cm³/mol. The molecule has 67 heavy (non-hydrogen) atoms. The van der Waals surface area contributed by atoms with Crippen molar-refractivity contribution in [3.63, 3.8) is 0 Å². The minimum Gasteiger partial charge on any atom is -0.312 e. The van der Waals surface area contributed by atoms with Gasteiger partial charge in [-0.25, -0.2) is 4.85 Å². The second kappa shape index (κ2) is 15.4. The Morgan fingerprint density at radius 3 is 1.48 bits per heavy atom. The van der Waals surface area contributed by atoms with Crippen LogP contribution in [0.2, 0.25) is 0 Å². The number of nitrogens with zero attached hydrogens (tertiary/aromatic N) is 5. The van der Waals surface area contributed by atoms with Crippen LogP contribution in [-0.2, 0) is 5.41 Å². The van der Waals surface area contributed by atoms with Gasteiger partial charge in [-0.05, 0) is 159 Å². The summed E-state index contributed by atoms with van der Waals surface area (Å²) in [6, 6.07) is 75.5. The maximum Gasteiger partial charge on any atom is 0.189 e. The lowest BCUT2D eigenvalue weighted by Crippen LogP contribution is -2.10. The number of fused-ring (bicyclic) bond motifs is 8. The van der Waals surface area contributed by atoms with Gasteiger partial charge in [0.2, 0.25) is 0 Å². The van der Waals surface area contributed by atoms with Crippen molar-refractivity contribution in [1.29, 1.82) is 5.26 Å². The highest BCUT2D eigenvalue weighted by atomic mass is 15.1. The highest BCUT2D eigenvalue weighted by Gasteiger charge is 2.23. The van der Waals surface area contributed by atoms with E-state index in [0.717, 1.165) is 66.7 Å². The van der Waals surface area contributed by atoms with Gasteiger partial charge in [0.25, 0.3) is 0 Å². The summed E-state index contributed by atoms with van der Waals surface area (Å²) in [5.41, 5.74) is 14.4. The topological polar surface area (TPSA) is 39.0 Å². The van der Waals surface area contributed by atoms with Crippen LogP contribution >= 0.6 is 0 Å². The van der Waals surface area contributed by atoms with Crippen molar-refractivity contribution in [2.45, 2.75) is 26.2 Å². The normalized spacial score (nSPS) is 11.8. The maximum atomic E-state index is 9.86. The fourth-order valence-corrected chi connectivity index (χ4v) is 10.1. The van der Waals surface area contributed by atoms with Gasteiger partial charge < -0.3 is 14.2 Å². The largest absolute Gasteiger partial charge is 0.312 e. The monoisotopic (exact) mass is 857 g/mol. The Balaban J connectivity index is 1.11. The summed E-state index contributed by atoms with van der Waals surface area (Å²) >= 11 is 0. The van der Waals surface area contributed by atoms with Crippen molar-refractivity contribution in [3.05, 3.63) is 229 Å². The van der Waals surface area contributed by atoms with Gasteiger partial charge in [0.05, 0.1) is 34.8 Å². The third kappa shape index (κ3) is 6.68. The molecule has 0 amide bonds. The van der Waals surface area contributed by atoms with Gasteiger partial charge in [0.15, 0.2) is 5.69 Å². The molecule has 0 fully saturated rings. The average Bonchev–Trinajstić information content (AvgIpc) is 3.86. The Bertz CT molecular complexity index is 3750. The molecular weight excluding hydrogens is 815 g/mol. The molecule has 0 N–H and O–H groups in total. The number of hydrogen-bond acceptors (Lipinski definition) is 3. The molecule has 2 aromatic heterocycles. The molecule has 0 radical (unpaired) electrons. The first kappa shape index (κ1) is 39.7. The van der Waals surface area contributed by atoms with Crippen LogP contribution in [0, 0.1) is 17.9 Å². The van der Waals surface area contributed by atoms with E-state index < -0.39 is 0 Å². The zero-order chi connectivity index (χ0) is 45.4. The molecule has 10 aromatic carbocycles. The minimum absolute atomic E-state index is 0.0590. The molecule has 0 unspecified atom stereocenters. The number of hydrogen-bond donors (Lipinski definition) is 0. The predicted octanol–water partition coefficient (Wildman–Crippen LogP) is 17.5. The van der Waals surface area contributed by atoms with Crippen molar-refractivity contribution < 1.29 is 0 Å². The Hall–Kier alpha value is -8.90. The van der Waals surface area contributed by atoms with Gasteiger partial charge in [0.1, 0.15) is 0 Å². The second-order valence-electron chi connectivity index (χ2n) is 18.5. The molecule has 12 rings (SSSR count). The molecule has 12 aromatic rings. The van der Waals surface area contributed by atoms with Gasteiger partial charge in [0, 0.05) is 55.7 Å². The second-order valence-corrected chi connectivity index (χ2v) is 18.5. The highest BCUT2D eigenvalue weighted by Crippen LogP contribution is 2.46. The van der Waals surface area contributed by atoms with Crippen molar-refractivity contribution >= 4 is 99.5 Å². The van der Waals surface area contributed by atoms with Gasteiger partial charge in [-0.2, -0.15) is 5.26 Å². The molecule has 0 saturated heterocycles. The molecule has 0 saturated carbocycles. The van der Waals surface area contributed by atoms with Crippen molar-refractivity contribution in [1.82, 2.24) is 4.40 Å². The van der Waals surface area contributed by atoms with Crippen LogP contribution in [-0.4, -0.2) is 4.40 Å². The standard InChI is InChI=1S/C62H43N5/c1-62(2,3)47-25-21-41(22-26-47)46-34-57-55-32-42-23-27-53(65(49-15-7-5-8-16-49)51-19-11-13-40(29-51)39-63)30-44(42)36-59(55)67-60-37-45-31-54(28-24-43(45)33-56(60)58(35-46)61(57)67)66(50-17-9-6-10-18-50)52-20-12-14-48(38-52)64-4/h5-38H,1-3H3. The lowest BCUT2D eigenvalue weighted by atomic mass is 9.86. The smallest absolute Gasteiger partial charge is 0.189 e. The summed E-state index contributed by atoms with van der Waals surface area (Å²) in [6.07, 6.45) is 0. The molecule has 0 atom stereocenters. The van der Waals surface area contributed by atoms with Gasteiger partial charge >= 0.3 is 0 Å². The Morgan fingerprint density at radius 1 is 0.448 bits per heavy atom. The van der Waals surface area contributed by atoms with Crippen LogP contribution in [0.3, 0.4) is 0 Å². The number of anilines is 6. The molecule has 0 aliphatic rings. The van der Waals surface area contributed by atoms with Gasteiger partial charge in [-0.3, -0.25) is 0 Å². The van der Waals surface area contributed by atoms with E-state index in [4.69, 9.17) is 6.57 Å². The first-order valence-corrected chi connectivity index (χ1v) is 22.7. The van der Waals surface area contributed by atoms with E-state index in [-0.39, 0.29) is 5.41 Å². The zero-order valence-electron chi connectivity index (χ0n) is 37.4. The number of aromatic nitrogens is 1. The molecule has 5 heteroatoms. The van der Waals surface area contributed by atoms with Crippen molar-refractivity contribution in [2.24, 2.45) is 0 Å². The third-order valence-corrected chi connectivity index (χ3v) is 13.4. The minimum atomic E-state index is 0.0590. The maximum absolute atomic E-state index is 9.86. The number of nitriles is 1. The summed E-state index contributed by atoms with van der Waals surface area (Å²) < 4.78 is 2.49. The van der Waals surface area contributed by atoms with E-state index in [1.165, 1.54) is 43.8 Å². The van der Waals surface area contributed by atoms with Crippen molar-refractivity contribution in [3.8, 4) is 17.2 Å². The molecule has 0 aliphatic carbocycles. The van der Waals surface area contributed by atoms with Crippen molar-refractivity contribution in [2.75, 3.05) is 9.80 Å². The first-order chi connectivity index (χ1) is 32.7. The molecule has 0 aliphatic heterocycles. The first-order valence-electron chi connectivity index (χ1n) is 22.7. The number of rotatable bonds is 7.